The van der Waals surface area contributed by atoms with Gasteiger partial charge in [-0.25, -0.2) is 0 Å². The number of fused-ring (bicyclic) bond motifs is 1. The molecule has 1 heterocycles. The molecule has 2 aromatic rings. The molecule has 3 nitrogen and oxygen atoms in total. The van der Waals surface area contributed by atoms with Crippen LogP contribution in [0.2, 0.25) is 0 Å². The molecule has 3 heteroatoms. The number of carbonyl (C=O) groups is 1. The zero-order valence-corrected chi connectivity index (χ0v) is 12.4. The third-order valence-corrected chi connectivity index (χ3v) is 4.09. The molecule has 0 aliphatic carbocycles. The lowest BCUT2D eigenvalue weighted by Crippen LogP contribution is -2.32. The van der Waals surface area contributed by atoms with Crippen LogP contribution in [0.25, 0.3) is 0 Å². The molecule has 2 aromatic carbocycles. The first-order chi connectivity index (χ1) is 10.1. The van der Waals surface area contributed by atoms with Crippen molar-refractivity contribution < 1.29 is 4.79 Å². The van der Waals surface area contributed by atoms with Gasteiger partial charge >= 0.3 is 0 Å². The number of carbonyl (C=O) groups excluding carboxylic acids is 1. The highest BCUT2D eigenvalue weighted by molar-refractivity contribution is 5.88. The second-order valence-electron chi connectivity index (χ2n) is 5.66. The minimum atomic E-state index is -0.103. The number of benzene rings is 2. The maximum atomic E-state index is 12.5. The van der Waals surface area contributed by atoms with E-state index < -0.39 is 0 Å². The molecular formula is C18H20N2O. The maximum absolute atomic E-state index is 12.5. The van der Waals surface area contributed by atoms with Crippen LogP contribution in [0, 0.1) is 6.92 Å². The van der Waals surface area contributed by atoms with E-state index in [-0.39, 0.29) is 17.9 Å². The van der Waals surface area contributed by atoms with E-state index in [9.17, 15) is 4.79 Å². The molecule has 21 heavy (non-hydrogen) atoms. The Bertz CT molecular complexity index is 649. The van der Waals surface area contributed by atoms with Gasteiger partial charge in [-0.3, -0.25) is 4.79 Å². The highest BCUT2D eigenvalue weighted by Gasteiger charge is 2.28. The van der Waals surface area contributed by atoms with Gasteiger partial charge in [0.05, 0.1) is 12.0 Å². The Morgan fingerprint density at radius 2 is 1.90 bits per heavy atom. The Hall–Kier alpha value is -2.29. The number of rotatable bonds is 3. The van der Waals surface area contributed by atoms with Crippen LogP contribution >= 0.6 is 0 Å². The molecule has 108 valence electrons. The second kappa shape index (κ2) is 5.60. The number of hydrogen-bond donors (Lipinski definition) is 2. The molecule has 0 saturated heterocycles. The topological polar surface area (TPSA) is 41.1 Å². The highest BCUT2D eigenvalue weighted by Crippen LogP contribution is 2.31. The summed E-state index contributed by atoms with van der Waals surface area (Å²) in [5.41, 5.74) is 4.52. The van der Waals surface area contributed by atoms with Gasteiger partial charge in [-0.05, 0) is 31.0 Å². The van der Waals surface area contributed by atoms with Gasteiger partial charge < -0.3 is 10.6 Å². The van der Waals surface area contributed by atoms with Gasteiger partial charge in [0.25, 0.3) is 0 Å². The Labute approximate surface area is 125 Å². The maximum Gasteiger partial charge on any atom is 0.229 e. The van der Waals surface area contributed by atoms with Crippen molar-refractivity contribution in [1.29, 1.82) is 0 Å². The molecule has 3 rings (SSSR count). The van der Waals surface area contributed by atoms with E-state index in [1.165, 1.54) is 5.56 Å². The Balaban J connectivity index is 1.71. The molecule has 0 fully saturated rings. The molecule has 2 N–H and O–H groups in total. The zero-order valence-electron chi connectivity index (χ0n) is 12.4. The summed E-state index contributed by atoms with van der Waals surface area (Å²) in [4.78, 5) is 12.5. The van der Waals surface area contributed by atoms with E-state index in [4.69, 9.17) is 0 Å². The van der Waals surface area contributed by atoms with E-state index in [0.717, 1.165) is 16.8 Å². The molecule has 0 saturated carbocycles. The average molecular weight is 280 g/mol. The molecule has 1 amide bonds. The Morgan fingerprint density at radius 1 is 1.19 bits per heavy atom. The van der Waals surface area contributed by atoms with Crippen molar-refractivity contribution in [2.24, 2.45) is 0 Å². The number of aryl methyl sites for hydroxylation is 1. The van der Waals surface area contributed by atoms with Gasteiger partial charge in [0.1, 0.15) is 0 Å². The Kier molecular flexibility index (Phi) is 3.65. The van der Waals surface area contributed by atoms with Crippen LogP contribution in [0.1, 0.15) is 35.6 Å². The van der Waals surface area contributed by atoms with Crippen molar-refractivity contribution >= 4 is 11.6 Å². The quantitative estimate of drug-likeness (QED) is 0.905. The third kappa shape index (κ3) is 2.77. The van der Waals surface area contributed by atoms with Crippen LogP contribution in [-0.4, -0.2) is 12.5 Å². The summed E-state index contributed by atoms with van der Waals surface area (Å²) in [7, 11) is 0. The number of amides is 1. The lowest BCUT2D eigenvalue weighted by molar-refractivity contribution is -0.122. The van der Waals surface area contributed by atoms with E-state index in [0.29, 0.717) is 6.54 Å². The first-order valence-electron chi connectivity index (χ1n) is 7.35. The minimum Gasteiger partial charge on any atom is -0.384 e. The van der Waals surface area contributed by atoms with Crippen molar-refractivity contribution in [3.63, 3.8) is 0 Å². The monoisotopic (exact) mass is 280 g/mol. The van der Waals surface area contributed by atoms with E-state index in [1.54, 1.807) is 0 Å². The van der Waals surface area contributed by atoms with Crippen LogP contribution in [0.5, 0.6) is 0 Å². The van der Waals surface area contributed by atoms with Gasteiger partial charge in [0.15, 0.2) is 0 Å². The van der Waals surface area contributed by atoms with Crippen molar-refractivity contribution in [3.8, 4) is 0 Å². The van der Waals surface area contributed by atoms with E-state index in [2.05, 4.69) is 41.8 Å². The number of para-hydroxylation sites is 1. The van der Waals surface area contributed by atoms with Crippen molar-refractivity contribution in [3.05, 3.63) is 65.2 Å². The largest absolute Gasteiger partial charge is 0.384 e. The Morgan fingerprint density at radius 3 is 2.67 bits per heavy atom. The number of anilines is 1. The van der Waals surface area contributed by atoms with Crippen LogP contribution < -0.4 is 10.6 Å². The number of nitrogens with one attached hydrogen (secondary N) is 2. The van der Waals surface area contributed by atoms with Gasteiger partial charge in [0, 0.05) is 12.2 Å². The highest BCUT2D eigenvalue weighted by atomic mass is 16.2. The third-order valence-electron chi connectivity index (χ3n) is 4.09. The fourth-order valence-electron chi connectivity index (χ4n) is 2.77. The minimum absolute atomic E-state index is 0.0193. The summed E-state index contributed by atoms with van der Waals surface area (Å²) in [5, 5.41) is 6.41. The van der Waals surface area contributed by atoms with Crippen LogP contribution in [0.3, 0.4) is 0 Å². The zero-order chi connectivity index (χ0) is 14.8. The number of hydrogen-bond acceptors (Lipinski definition) is 2. The molecule has 2 atom stereocenters. The fraction of sp³-hybridized carbons (Fsp3) is 0.278. The smallest absolute Gasteiger partial charge is 0.229 e. The summed E-state index contributed by atoms with van der Waals surface area (Å²) in [6.07, 6.45) is 0. The summed E-state index contributed by atoms with van der Waals surface area (Å²) in [6, 6.07) is 16.3. The van der Waals surface area contributed by atoms with Gasteiger partial charge in [-0.1, -0.05) is 48.0 Å². The van der Waals surface area contributed by atoms with E-state index >= 15 is 0 Å². The second-order valence-corrected chi connectivity index (χ2v) is 5.66. The molecule has 1 aliphatic heterocycles. The molecule has 0 radical (unpaired) electrons. The normalized spacial score (nSPS) is 17.7. The first kappa shape index (κ1) is 13.7. The summed E-state index contributed by atoms with van der Waals surface area (Å²) in [5.74, 6) is -0.0189. The fourth-order valence-corrected chi connectivity index (χ4v) is 2.77. The van der Waals surface area contributed by atoms with Gasteiger partial charge in [0.2, 0.25) is 5.91 Å². The molecule has 1 unspecified atom stereocenters. The molecule has 1 aliphatic rings. The average Bonchev–Trinajstić information content (AvgIpc) is 2.92. The van der Waals surface area contributed by atoms with Crippen molar-refractivity contribution in [1.82, 2.24) is 5.32 Å². The predicted octanol–water partition coefficient (Wildman–Crippen LogP) is 3.38. The first-order valence-corrected chi connectivity index (χ1v) is 7.35. The summed E-state index contributed by atoms with van der Waals surface area (Å²) >= 11 is 0. The lowest BCUT2D eigenvalue weighted by atomic mass is 9.99. The SMILES string of the molecule is Cc1ccc([C@@H](C)NC(=O)C2CNc3ccccc32)cc1. The van der Waals surface area contributed by atoms with Crippen LogP contribution in [0.4, 0.5) is 5.69 Å². The van der Waals surface area contributed by atoms with Crippen molar-refractivity contribution in [2.45, 2.75) is 25.8 Å². The van der Waals surface area contributed by atoms with Gasteiger partial charge in [-0.2, -0.15) is 0 Å². The predicted molar refractivity (Wildman–Crippen MR) is 85.4 cm³/mol. The molecule has 0 aromatic heterocycles. The standard InChI is InChI=1S/C18H20N2O/c1-12-7-9-14(10-8-12)13(2)20-18(21)16-11-19-17-6-4-3-5-15(16)17/h3-10,13,16,19H,11H2,1-2H3,(H,20,21)/t13-,16?/m1/s1. The lowest BCUT2D eigenvalue weighted by Gasteiger charge is -2.18. The van der Waals surface area contributed by atoms with Crippen LogP contribution in [-0.2, 0) is 4.79 Å². The van der Waals surface area contributed by atoms with Gasteiger partial charge in [-0.15, -0.1) is 0 Å². The van der Waals surface area contributed by atoms with Crippen molar-refractivity contribution in [2.75, 3.05) is 11.9 Å². The molecule has 0 bridgehead atoms. The van der Waals surface area contributed by atoms with E-state index in [1.807, 2.05) is 31.2 Å². The summed E-state index contributed by atoms with van der Waals surface area (Å²) in [6.45, 7) is 4.76. The summed E-state index contributed by atoms with van der Waals surface area (Å²) < 4.78 is 0. The van der Waals surface area contributed by atoms with Crippen LogP contribution in [0.15, 0.2) is 48.5 Å². The molecular weight excluding hydrogens is 260 g/mol. The molecule has 0 spiro atoms.